The van der Waals surface area contributed by atoms with Crippen LogP contribution in [0.5, 0.6) is 17.2 Å². The van der Waals surface area contributed by atoms with Gasteiger partial charge in [0, 0.05) is 0 Å². The number of hydrogen-bond donors (Lipinski definition) is 0. The molecule has 1 heterocycles. The monoisotopic (exact) mass is 370 g/mol. The van der Waals surface area contributed by atoms with E-state index in [-0.39, 0.29) is 0 Å². The van der Waals surface area contributed by atoms with Gasteiger partial charge in [0.2, 0.25) is 0 Å². The van der Waals surface area contributed by atoms with Crippen molar-refractivity contribution in [1.29, 1.82) is 0 Å². The van der Waals surface area contributed by atoms with Crippen LogP contribution in [0.25, 0.3) is 22.4 Å². The number of carbonyl (C=O) groups is 1. The molecule has 0 spiro atoms. The summed E-state index contributed by atoms with van der Waals surface area (Å²) in [4.78, 5) is 15.1. The van der Waals surface area contributed by atoms with Crippen molar-refractivity contribution in [2.75, 3.05) is 20.8 Å². The Kier molecular flexibility index (Phi) is 5.38. The van der Waals surface area contributed by atoms with E-state index >= 15 is 0 Å². The van der Waals surface area contributed by atoms with Gasteiger partial charge in [-0.2, -0.15) is 0 Å². The fourth-order valence-corrected chi connectivity index (χ4v) is 3.23. The second-order valence-corrected chi connectivity index (χ2v) is 6.35. The van der Waals surface area contributed by atoms with Crippen molar-refractivity contribution in [2.45, 2.75) is 0 Å². The number of ether oxygens (including phenoxy) is 3. The van der Waals surface area contributed by atoms with Crippen LogP contribution in [-0.4, -0.2) is 31.8 Å². The second-order valence-electron chi connectivity index (χ2n) is 5.29. The van der Waals surface area contributed by atoms with Gasteiger partial charge in [-0.3, -0.25) is 0 Å². The average Bonchev–Trinajstić information content (AvgIpc) is 3.06. The second kappa shape index (κ2) is 7.88. The molecule has 0 unspecified atom stereocenters. The van der Waals surface area contributed by atoms with Gasteiger partial charge in [-0.05, 0) is 42.0 Å². The van der Waals surface area contributed by atoms with Crippen molar-refractivity contribution in [3.8, 4) is 17.2 Å². The van der Waals surface area contributed by atoms with E-state index in [0.29, 0.717) is 11.5 Å². The normalized spacial score (nSPS) is 11.0. The third kappa shape index (κ3) is 4.12. The molecule has 0 saturated carbocycles. The molecule has 0 bridgehead atoms. The number of carboxylic acids is 1. The van der Waals surface area contributed by atoms with E-state index in [2.05, 4.69) is 4.98 Å². The first-order valence-corrected chi connectivity index (χ1v) is 8.54. The number of aromatic nitrogens is 1. The molecule has 0 N–H and O–H groups in total. The summed E-state index contributed by atoms with van der Waals surface area (Å²) in [5.41, 5.74) is 1.79. The highest BCUT2D eigenvalue weighted by Crippen LogP contribution is 2.30. The molecule has 0 amide bonds. The lowest BCUT2D eigenvalue weighted by Crippen LogP contribution is -2.29. The minimum Gasteiger partial charge on any atom is -0.546 e. The zero-order valence-electron chi connectivity index (χ0n) is 14.2. The predicted octanol–water partition coefficient (Wildman–Crippen LogP) is 2.61. The van der Waals surface area contributed by atoms with Crippen molar-refractivity contribution in [3.05, 3.63) is 47.0 Å². The predicted molar refractivity (Wildman–Crippen MR) is 98.6 cm³/mol. The standard InChI is InChI=1S/C19H17NO5S/c1-23-13-5-6-14-17(10-13)26-18(20-14)8-4-12-3-7-15(16(9-12)24-2)25-11-19(21)22/h3-10H,11H2,1-2H3,(H,21,22)/p-1/b8-4+. The molecule has 134 valence electrons. The smallest absolute Gasteiger partial charge is 0.161 e. The van der Waals surface area contributed by atoms with Crippen LogP contribution in [-0.2, 0) is 4.79 Å². The molecule has 3 aromatic rings. The molecule has 0 aliphatic heterocycles. The van der Waals surface area contributed by atoms with Gasteiger partial charge in [0.25, 0.3) is 0 Å². The molecule has 7 heteroatoms. The highest BCUT2D eigenvalue weighted by atomic mass is 32.1. The third-order valence-corrected chi connectivity index (χ3v) is 4.55. The molecule has 0 aliphatic carbocycles. The summed E-state index contributed by atoms with van der Waals surface area (Å²) in [7, 11) is 3.13. The van der Waals surface area contributed by atoms with Gasteiger partial charge in [0.1, 0.15) is 17.4 Å². The molecule has 6 nitrogen and oxygen atoms in total. The van der Waals surface area contributed by atoms with E-state index in [1.165, 1.54) is 7.11 Å². The molecular formula is C19H16NO5S-. The van der Waals surface area contributed by atoms with Gasteiger partial charge in [-0.1, -0.05) is 12.1 Å². The van der Waals surface area contributed by atoms with Crippen LogP contribution in [0.4, 0.5) is 0 Å². The first kappa shape index (κ1) is 17.8. The van der Waals surface area contributed by atoms with E-state index in [9.17, 15) is 9.90 Å². The summed E-state index contributed by atoms with van der Waals surface area (Å²) in [6, 6.07) is 11.0. The number of aliphatic carboxylic acids is 1. The maximum atomic E-state index is 10.5. The van der Waals surface area contributed by atoms with Crippen LogP contribution in [0.15, 0.2) is 36.4 Å². The summed E-state index contributed by atoms with van der Waals surface area (Å²) >= 11 is 1.56. The zero-order valence-corrected chi connectivity index (χ0v) is 15.0. The van der Waals surface area contributed by atoms with Crippen LogP contribution < -0.4 is 19.3 Å². The van der Waals surface area contributed by atoms with Gasteiger partial charge in [0.05, 0.1) is 30.4 Å². The molecule has 26 heavy (non-hydrogen) atoms. The number of hydrogen-bond acceptors (Lipinski definition) is 7. The maximum Gasteiger partial charge on any atom is 0.161 e. The summed E-state index contributed by atoms with van der Waals surface area (Å²) in [6.07, 6.45) is 3.81. The van der Waals surface area contributed by atoms with Crippen molar-refractivity contribution in [1.82, 2.24) is 4.98 Å². The Labute approximate surface area is 154 Å². The number of benzene rings is 2. The van der Waals surface area contributed by atoms with Crippen LogP contribution in [0.2, 0.25) is 0 Å². The number of methoxy groups -OCH3 is 2. The quantitative estimate of drug-likeness (QED) is 0.636. The summed E-state index contributed by atoms with van der Waals surface area (Å²) < 4.78 is 16.7. The van der Waals surface area contributed by atoms with Crippen molar-refractivity contribution >= 4 is 39.7 Å². The molecular weight excluding hydrogens is 354 g/mol. The fourth-order valence-electron chi connectivity index (χ4n) is 2.33. The zero-order chi connectivity index (χ0) is 18.5. The van der Waals surface area contributed by atoms with Gasteiger partial charge >= 0.3 is 0 Å². The topological polar surface area (TPSA) is 80.7 Å². The van der Waals surface area contributed by atoms with Crippen molar-refractivity contribution in [2.24, 2.45) is 0 Å². The molecule has 0 fully saturated rings. The van der Waals surface area contributed by atoms with Gasteiger partial charge in [0.15, 0.2) is 11.5 Å². The number of fused-ring (bicyclic) bond motifs is 1. The van der Waals surface area contributed by atoms with E-state index in [1.807, 2.05) is 30.4 Å². The highest BCUT2D eigenvalue weighted by Gasteiger charge is 2.06. The molecule has 0 aliphatic rings. The summed E-state index contributed by atoms with van der Waals surface area (Å²) in [5.74, 6) is 0.306. The lowest BCUT2D eigenvalue weighted by molar-refractivity contribution is -0.307. The minimum atomic E-state index is -1.29. The lowest BCUT2D eigenvalue weighted by atomic mass is 10.2. The largest absolute Gasteiger partial charge is 0.546 e. The Morgan fingerprint density at radius 3 is 2.69 bits per heavy atom. The highest BCUT2D eigenvalue weighted by molar-refractivity contribution is 7.19. The summed E-state index contributed by atoms with van der Waals surface area (Å²) in [6.45, 7) is -0.527. The Balaban J connectivity index is 1.80. The van der Waals surface area contributed by atoms with E-state index in [1.54, 1.807) is 36.6 Å². The van der Waals surface area contributed by atoms with Crippen LogP contribution in [0.1, 0.15) is 10.6 Å². The van der Waals surface area contributed by atoms with E-state index in [0.717, 1.165) is 26.5 Å². The fraction of sp³-hybridized carbons (Fsp3) is 0.158. The third-order valence-electron chi connectivity index (χ3n) is 3.56. The Morgan fingerprint density at radius 1 is 1.12 bits per heavy atom. The molecule has 3 rings (SSSR count). The van der Waals surface area contributed by atoms with Crippen LogP contribution >= 0.6 is 11.3 Å². The molecule has 2 aromatic carbocycles. The van der Waals surface area contributed by atoms with Gasteiger partial charge in [-0.25, -0.2) is 4.98 Å². The van der Waals surface area contributed by atoms with Crippen molar-refractivity contribution in [3.63, 3.8) is 0 Å². The van der Waals surface area contributed by atoms with Crippen LogP contribution in [0, 0.1) is 0 Å². The number of thiazole rings is 1. The average molecular weight is 370 g/mol. The van der Waals surface area contributed by atoms with Crippen molar-refractivity contribution < 1.29 is 24.1 Å². The molecule has 0 saturated heterocycles. The lowest BCUT2D eigenvalue weighted by Gasteiger charge is -2.11. The number of carbonyl (C=O) groups excluding carboxylic acids is 1. The molecule has 1 aromatic heterocycles. The SMILES string of the molecule is COc1ccc2nc(/C=C/c3ccc(OCC(=O)[O-])c(OC)c3)sc2c1. The molecule has 0 atom stereocenters. The van der Waals surface area contributed by atoms with Gasteiger partial charge < -0.3 is 24.1 Å². The Bertz CT molecular complexity index is 964. The van der Waals surface area contributed by atoms with E-state index < -0.39 is 12.6 Å². The summed E-state index contributed by atoms with van der Waals surface area (Å²) in [5, 5.41) is 11.4. The first-order chi connectivity index (χ1) is 12.6. The Hall–Kier alpha value is -3.06. The maximum absolute atomic E-state index is 10.5. The number of rotatable bonds is 7. The molecule has 0 radical (unpaired) electrons. The minimum absolute atomic E-state index is 0.348. The van der Waals surface area contributed by atoms with Gasteiger partial charge in [-0.15, -0.1) is 11.3 Å². The number of carboxylic acid groups (broad SMARTS) is 1. The Morgan fingerprint density at radius 2 is 1.96 bits per heavy atom. The first-order valence-electron chi connectivity index (χ1n) is 7.72. The van der Waals surface area contributed by atoms with E-state index in [4.69, 9.17) is 14.2 Å². The van der Waals surface area contributed by atoms with Crippen LogP contribution in [0.3, 0.4) is 0 Å². The number of nitrogens with zero attached hydrogens (tertiary/aromatic N) is 1.